The topological polar surface area (TPSA) is 105 Å². The van der Waals surface area contributed by atoms with Crippen LogP contribution in [0, 0.1) is 0 Å². The van der Waals surface area contributed by atoms with Gasteiger partial charge in [-0.15, -0.1) is 0 Å². The van der Waals surface area contributed by atoms with Crippen LogP contribution < -0.4 is 14.4 Å². The van der Waals surface area contributed by atoms with Gasteiger partial charge in [0.05, 0.1) is 23.7 Å². The van der Waals surface area contributed by atoms with Crippen molar-refractivity contribution < 1.29 is 27.8 Å². The number of rotatable bonds is 4. The number of aliphatic hydroxyl groups is 1. The van der Waals surface area contributed by atoms with Gasteiger partial charge >= 0.3 is 6.09 Å². The Hall–Kier alpha value is -2.49. The average Bonchev–Trinajstić information content (AvgIpc) is 2.65. The Balaban J connectivity index is 1.99. The molecule has 0 saturated heterocycles. The standard InChI is InChI=1S/C20H23ClN2O6S/c1-20(2,3)29-19(25)22-14-7-8-18-17(10-14)23(11-15(12-24)28-18)30(26,27)16-6-4-5-13(21)9-16/h4-10,15,24H,11-12H2,1-3H3,(H,22,25). The van der Waals surface area contributed by atoms with Gasteiger partial charge < -0.3 is 14.6 Å². The molecule has 3 rings (SSSR count). The van der Waals surface area contributed by atoms with Crippen LogP contribution in [0.2, 0.25) is 5.02 Å². The fourth-order valence-corrected chi connectivity index (χ4v) is 4.69. The summed E-state index contributed by atoms with van der Waals surface area (Å²) >= 11 is 5.97. The number of sulfonamides is 1. The van der Waals surface area contributed by atoms with E-state index >= 15 is 0 Å². The number of benzene rings is 2. The van der Waals surface area contributed by atoms with E-state index in [4.69, 9.17) is 21.1 Å². The number of anilines is 2. The molecule has 8 nitrogen and oxygen atoms in total. The zero-order valence-electron chi connectivity index (χ0n) is 16.8. The van der Waals surface area contributed by atoms with E-state index in [0.29, 0.717) is 5.69 Å². The summed E-state index contributed by atoms with van der Waals surface area (Å²) in [6.45, 7) is 4.75. The van der Waals surface area contributed by atoms with Crippen LogP contribution in [-0.2, 0) is 14.8 Å². The van der Waals surface area contributed by atoms with Gasteiger partial charge in [-0.25, -0.2) is 13.2 Å². The highest BCUT2D eigenvalue weighted by Gasteiger charge is 2.35. The highest BCUT2D eigenvalue weighted by Crippen LogP contribution is 2.39. The minimum atomic E-state index is -4.00. The van der Waals surface area contributed by atoms with Gasteiger partial charge in [-0.2, -0.15) is 0 Å². The summed E-state index contributed by atoms with van der Waals surface area (Å²) in [6, 6.07) is 10.5. The van der Waals surface area contributed by atoms with Crippen molar-refractivity contribution in [3.05, 3.63) is 47.5 Å². The number of nitrogens with one attached hydrogen (secondary N) is 1. The molecule has 1 amide bonds. The molecule has 0 fully saturated rings. The lowest BCUT2D eigenvalue weighted by Gasteiger charge is -2.35. The SMILES string of the molecule is CC(C)(C)OC(=O)Nc1ccc2c(c1)N(S(=O)(=O)c1cccc(Cl)c1)CC(CO)O2. The van der Waals surface area contributed by atoms with Crippen LogP contribution in [0.25, 0.3) is 0 Å². The summed E-state index contributed by atoms with van der Waals surface area (Å²) in [4.78, 5) is 12.1. The van der Waals surface area contributed by atoms with Gasteiger partial charge in [0.15, 0.2) is 0 Å². The number of hydrogen-bond donors (Lipinski definition) is 2. The van der Waals surface area contributed by atoms with E-state index in [2.05, 4.69) is 5.32 Å². The quantitative estimate of drug-likeness (QED) is 0.730. The molecule has 2 N–H and O–H groups in total. The molecule has 1 atom stereocenters. The lowest BCUT2D eigenvalue weighted by Crippen LogP contribution is -2.45. The van der Waals surface area contributed by atoms with Crippen LogP contribution in [0.5, 0.6) is 5.75 Å². The first kappa shape index (κ1) is 22.2. The summed E-state index contributed by atoms with van der Waals surface area (Å²) < 4.78 is 38.7. The molecule has 2 aromatic carbocycles. The normalized spacial score (nSPS) is 16.4. The number of ether oxygens (including phenoxy) is 2. The molecule has 0 aliphatic carbocycles. The van der Waals surface area contributed by atoms with Gasteiger partial charge in [0.25, 0.3) is 10.0 Å². The molecule has 162 valence electrons. The van der Waals surface area contributed by atoms with Gasteiger partial charge in [0.1, 0.15) is 17.5 Å². The fourth-order valence-electron chi connectivity index (χ4n) is 2.89. The molecule has 1 heterocycles. The number of carbonyl (C=O) groups excluding carboxylic acids is 1. The number of carbonyl (C=O) groups is 1. The third kappa shape index (κ3) is 4.97. The Labute approximate surface area is 180 Å². The van der Waals surface area contributed by atoms with Crippen molar-refractivity contribution in [2.45, 2.75) is 37.4 Å². The van der Waals surface area contributed by atoms with Crippen molar-refractivity contribution in [1.29, 1.82) is 0 Å². The summed E-state index contributed by atoms with van der Waals surface area (Å²) in [7, 11) is -4.00. The van der Waals surface area contributed by atoms with Crippen LogP contribution in [0.15, 0.2) is 47.4 Å². The van der Waals surface area contributed by atoms with Crippen LogP contribution in [0.1, 0.15) is 20.8 Å². The van der Waals surface area contributed by atoms with Crippen molar-refractivity contribution in [3.63, 3.8) is 0 Å². The third-order valence-electron chi connectivity index (χ3n) is 4.12. The number of aliphatic hydroxyl groups excluding tert-OH is 1. The van der Waals surface area contributed by atoms with Crippen molar-refractivity contribution in [2.75, 3.05) is 22.8 Å². The van der Waals surface area contributed by atoms with E-state index in [1.54, 1.807) is 39.0 Å². The van der Waals surface area contributed by atoms with E-state index in [-0.39, 0.29) is 34.5 Å². The number of nitrogens with zero attached hydrogens (tertiary/aromatic N) is 1. The molecule has 0 radical (unpaired) electrons. The van der Waals surface area contributed by atoms with Gasteiger partial charge in [-0.1, -0.05) is 17.7 Å². The van der Waals surface area contributed by atoms with Crippen molar-refractivity contribution >= 4 is 39.1 Å². The minimum Gasteiger partial charge on any atom is -0.484 e. The van der Waals surface area contributed by atoms with Crippen molar-refractivity contribution in [1.82, 2.24) is 0 Å². The summed E-state index contributed by atoms with van der Waals surface area (Å²) in [5.74, 6) is 0.264. The first-order chi connectivity index (χ1) is 14.0. The molecule has 2 aromatic rings. The summed E-state index contributed by atoms with van der Waals surface area (Å²) in [6.07, 6.45) is -1.41. The first-order valence-corrected chi connectivity index (χ1v) is 11.0. The second kappa shape index (κ2) is 8.33. The Morgan fingerprint density at radius 2 is 2.03 bits per heavy atom. The van der Waals surface area contributed by atoms with Gasteiger partial charge in [0.2, 0.25) is 0 Å². The number of hydrogen-bond acceptors (Lipinski definition) is 6. The predicted molar refractivity (Wildman–Crippen MR) is 114 cm³/mol. The number of halogens is 1. The fraction of sp³-hybridized carbons (Fsp3) is 0.350. The molecule has 10 heteroatoms. The molecule has 0 saturated carbocycles. The van der Waals surface area contributed by atoms with Gasteiger partial charge in [-0.05, 0) is 57.2 Å². The lowest BCUT2D eigenvalue weighted by molar-refractivity contribution is 0.0636. The van der Waals surface area contributed by atoms with E-state index in [0.717, 1.165) is 4.31 Å². The molecule has 0 bridgehead atoms. The second-order valence-corrected chi connectivity index (χ2v) is 10.0. The van der Waals surface area contributed by atoms with Crippen LogP contribution in [-0.4, -0.2) is 44.5 Å². The van der Waals surface area contributed by atoms with E-state index in [1.807, 2.05) is 0 Å². The molecule has 0 aromatic heterocycles. The van der Waals surface area contributed by atoms with Crippen LogP contribution >= 0.6 is 11.6 Å². The monoisotopic (exact) mass is 454 g/mol. The highest BCUT2D eigenvalue weighted by molar-refractivity contribution is 7.92. The zero-order valence-corrected chi connectivity index (χ0v) is 18.3. The van der Waals surface area contributed by atoms with Crippen LogP contribution in [0.4, 0.5) is 16.2 Å². The maximum atomic E-state index is 13.3. The smallest absolute Gasteiger partial charge is 0.412 e. The largest absolute Gasteiger partial charge is 0.484 e. The van der Waals surface area contributed by atoms with E-state index < -0.39 is 27.8 Å². The highest BCUT2D eigenvalue weighted by atomic mass is 35.5. The molecule has 1 aliphatic heterocycles. The van der Waals surface area contributed by atoms with E-state index in [1.165, 1.54) is 24.3 Å². The lowest BCUT2D eigenvalue weighted by atomic mass is 10.2. The Morgan fingerprint density at radius 1 is 1.30 bits per heavy atom. The molecule has 1 unspecified atom stereocenters. The molecule has 1 aliphatic rings. The Bertz CT molecular complexity index is 1050. The van der Waals surface area contributed by atoms with Gasteiger partial charge in [0, 0.05) is 10.7 Å². The predicted octanol–water partition coefficient (Wildman–Crippen LogP) is 3.64. The Kier molecular flexibility index (Phi) is 6.16. The molecular formula is C20H23ClN2O6S. The maximum absolute atomic E-state index is 13.3. The summed E-state index contributed by atoms with van der Waals surface area (Å²) in [5, 5.41) is 12.4. The Morgan fingerprint density at radius 3 is 2.67 bits per heavy atom. The third-order valence-corrected chi connectivity index (χ3v) is 6.13. The molecule has 30 heavy (non-hydrogen) atoms. The molecule has 0 spiro atoms. The maximum Gasteiger partial charge on any atom is 0.412 e. The molecular weight excluding hydrogens is 432 g/mol. The minimum absolute atomic E-state index is 0.00467. The number of fused-ring (bicyclic) bond motifs is 1. The van der Waals surface area contributed by atoms with Crippen LogP contribution in [0.3, 0.4) is 0 Å². The first-order valence-electron chi connectivity index (χ1n) is 9.19. The second-order valence-electron chi connectivity index (χ2n) is 7.73. The van der Waals surface area contributed by atoms with Crippen molar-refractivity contribution in [2.24, 2.45) is 0 Å². The van der Waals surface area contributed by atoms with Gasteiger partial charge in [-0.3, -0.25) is 9.62 Å². The average molecular weight is 455 g/mol. The number of amides is 1. The van der Waals surface area contributed by atoms with Crippen molar-refractivity contribution in [3.8, 4) is 5.75 Å². The zero-order chi connectivity index (χ0) is 22.1. The summed E-state index contributed by atoms with van der Waals surface area (Å²) in [5.41, 5.74) is -0.119. The van der Waals surface area contributed by atoms with E-state index in [9.17, 15) is 18.3 Å².